The summed E-state index contributed by atoms with van der Waals surface area (Å²) < 4.78 is 5.34. The zero-order valence-corrected chi connectivity index (χ0v) is 11.8. The van der Waals surface area contributed by atoms with Crippen LogP contribution in [0, 0.1) is 11.8 Å². The van der Waals surface area contributed by atoms with E-state index in [9.17, 15) is 9.59 Å². The highest BCUT2D eigenvalue weighted by Crippen LogP contribution is 2.39. The fourth-order valence-corrected chi connectivity index (χ4v) is 3.90. The van der Waals surface area contributed by atoms with Gasteiger partial charge in [0.2, 0.25) is 5.91 Å². The number of hydrogen-bond donors (Lipinski definition) is 2. The lowest BCUT2D eigenvalue weighted by atomic mass is 9.90. The normalized spacial score (nSPS) is 34.6. The largest absolute Gasteiger partial charge is 0.480 e. The summed E-state index contributed by atoms with van der Waals surface area (Å²) in [6.07, 6.45) is 3.62. The molecule has 0 radical (unpaired) electrons. The summed E-state index contributed by atoms with van der Waals surface area (Å²) in [4.78, 5) is 24.8. The first-order chi connectivity index (χ1) is 9.48. The first kappa shape index (κ1) is 13.8. The number of carboxylic acid groups (broad SMARTS) is 1. The second kappa shape index (κ2) is 5.00. The van der Waals surface area contributed by atoms with Crippen molar-refractivity contribution in [3.63, 3.8) is 0 Å². The number of likely N-dealkylation sites (tertiary alicyclic amines) is 1. The number of amides is 1. The van der Waals surface area contributed by atoms with E-state index >= 15 is 0 Å². The summed E-state index contributed by atoms with van der Waals surface area (Å²) in [6, 6.07) is -0.0356. The molecule has 1 saturated carbocycles. The molecule has 6 heteroatoms. The molecule has 0 spiro atoms. The van der Waals surface area contributed by atoms with Crippen LogP contribution in [0.3, 0.4) is 0 Å². The van der Waals surface area contributed by atoms with E-state index in [1.165, 1.54) is 12.8 Å². The number of carboxylic acids is 1. The minimum atomic E-state index is -0.970. The fraction of sp³-hybridized carbons (Fsp3) is 0.857. The zero-order valence-electron chi connectivity index (χ0n) is 11.8. The summed E-state index contributed by atoms with van der Waals surface area (Å²) in [5.74, 6) is 0.354. The fourth-order valence-electron chi connectivity index (χ4n) is 3.90. The van der Waals surface area contributed by atoms with Gasteiger partial charge in [-0.2, -0.15) is 0 Å². The minimum absolute atomic E-state index is 0.0356. The Balaban J connectivity index is 1.52. The van der Waals surface area contributed by atoms with E-state index in [1.54, 1.807) is 4.90 Å². The third kappa shape index (κ3) is 2.42. The Kier molecular flexibility index (Phi) is 3.46. The monoisotopic (exact) mass is 282 g/mol. The van der Waals surface area contributed by atoms with E-state index in [4.69, 9.17) is 9.84 Å². The Morgan fingerprint density at radius 1 is 1.40 bits per heavy atom. The third-order valence-corrected chi connectivity index (χ3v) is 4.92. The van der Waals surface area contributed by atoms with E-state index in [2.05, 4.69) is 5.32 Å². The van der Waals surface area contributed by atoms with Gasteiger partial charge in [-0.25, -0.2) is 4.79 Å². The van der Waals surface area contributed by atoms with Crippen molar-refractivity contribution in [2.75, 3.05) is 26.2 Å². The van der Waals surface area contributed by atoms with Gasteiger partial charge in [0, 0.05) is 0 Å². The van der Waals surface area contributed by atoms with Crippen LogP contribution in [0.4, 0.5) is 0 Å². The van der Waals surface area contributed by atoms with Crippen LogP contribution < -0.4 is 5.32 Å². The van der Waals surface area contributed by atoms with Gasteiger partial charge < -0.3 is 20.1 Å². The molecule has 1 aliphatic carbocycles. The van der Waals surface area contributed by atoms with Crippen LogP contribution in [0.1, 0.15) is 26.2 Å². The molecule has 20 heavy (non-hydrogen) atoms. The van der Waals surface area contributed by atoms with E-state index in [1.807, 2.05) is 6.92 Å². The molecule has 0 aromatic heterocycles. The summed E-state index contributed by atoms with van der Waals surface area (Å²) in [5, 5.41) is 12.0. The molecular formula is C14H22N2O4. The lowest BCUT2D eigenvalue weighted by Gasteiger charge is -2.48. The number of nitrogens with one attached hydrogen (secondary N) is 1. The van der Waals surface area contributed by atoms with Crippen molar-refractivity contribution in [3.05, 3.63) is 0 Å². The molecule has 2 saturated heterocycles. The average Bonchev–Trinajstić information content (AvgIpc) is 2.94. The molecule has 2 N–H and O–H groups in total. The number of aliphatic carboxylic acids is 1. The molecule has 3 fully saturated rings. The summed E-state index contributed by atoms with van der Waals surface area (Å²) in [7, 11) is 0. The lowest BCUT2D eigenvalue weighted by Crippen LogP contribution is -2.66. The van der Waals surface area contributed by atoms with E-state index in [-0.39, 0.29) is 18.6 Å². The van der Waals surface area contributed by atoms with Gasteiger partial charge in [0.05, 0.1) is 19.1 Å². The molecule has 0 aromatic carbocycles. The van der Waals surface area contributed by atoms with Crippen molar-refractivity contribution in [2.24, 2.45) is 11.8 Å². The molecule has 6 nitrogen and oxygen atoms in total. The van der Waals surface area contributed by atoms with Crippen molar-refractivity contribution in [2.45, 2.75) is 37.8 Å². The van der Waals surface area contributed by atoms with Crippen molar-refractivity contribution < 1.29 is 19.4 Å². The molecular weight excluding hydrogens is 260 g/mol. The Morgan fingerprint density at radius 2 is 2.15 bits per heavy atom. The van der Waals surface area contributed by atoms with E-state index < -0.39 is 11.6 Å². The number of fused-ring (bicyclic) bond motifs is 1. The Morgan fingerprint density at radius 3 is 2.85 bits per heavy atom. The number of nitrogens with zero attached hydrogens (tertiary/aromatic N) is 1. The highest BCUT2D eigenvalue weighted by Gasteiger charge is 2.49. The Hall–Kier alpha value is -1.14. The number of ether oxygens (including phenoxy) is 1. The molecule has 112 valence electrons. The first-order valence-corrected chi connectivity index (χ1v) is 7.36. The van der Waals surface area contributed by atoms with Gasteiger partial charge >= 0.3 is 5.97 Å². The molecule has 0 bridgehead atoms. The highest BCUT2D eigenvalue weighted by atomic mass is 16.5. The molecule has 3 atom stereocenters. The van der Waals surface area contributed by atoms with Crippen molar-refractivity contribution >= 4 is 11.9 Å². The van der Waals surface area contributed by atoms with E-state index in [0.717, 1.165) is 13.0 Å². The summed E-state index contributed by atoms with van der Waals surface area (Å²) >= 11 is 0. The van der Waals surface area contributed by atoms with Gasteiger partial charge in [-0.15, -0.1) is 0 Å². The molecule has 1 amide bonds. The van der Waals surface area contributed by atoms with Crippen LogP contribution in [-0.4, -0.2) is 59.8 Å². The Bertz CT molecular complexity index is 419. The number of carbonyl (C=O) groups is 2. The zero-order chi connectivity index (χ0) is 14.3. The third-order valence-electron chi connectivity index (χ3n) is 4.92. The van der Waals surface area contributed by atoms with E-state index in [0.29, 0.717) is 24.9 Å². The van der Waals surface area contributed by atoms with Crippen LogP contribution >= 0.6 is 0 Å². The van der Waals surface area contributed by atoms with Gasteiger partial charge in [0.25, 0.3) is 0 Å². The summed E-state index contributed by atoms with van der Waals surface area (Å²) in [5.41, 5.74) is -0.498. The van der Waals surface area contributed by atoms with Gasteiger partial charge in [0.15, 0.2) is 0 Å². The second-order valence-electron chi connectivity index (χ2n) is 6.57. The van der Waals surface area contributed by atoms with Crippen molar-refractivity contribution in [3.8, 4) is 0 Å². The van der Waals surface area contributed by atoms with Crippen LogP contribution in [0.25, 0.3) is 0 Å². The standard InChI is InChI=1S/C14H22N2O4/c1-14(20-6-11(17)18)7-16(8-14)13(19)12-10-4-2-3-9(10)5-15-12/h9-10,12,15H,2-8H2,1H3,(H,17,18). The van der Waals surface area contributed by atoms with Crippen LogP contribution in [0.5, 0.6) is 0 Å². The molecule has 0 aromatic rings. The van der Waals surface area contributed by atoms with Gasteiger partial charge in [-0.05, 0) is 38.1 Å². The first-order valence-electron chi connectivity index (χ1n) is 7.36. The van der Waals surface area contributed by atoms with Crippen molar-refractivity contribution in [1.29, 1.82) is 0 Å². The topological polar surface area (TPSA) is 78.9 Å². The predicted octanol–water partition coefficient (Wildman–Crippen LogP) is 0.0766. The van der Waals surface area contributed by atoms with Gasteiger partial charge in [-0.3, -0.25) is 4.79 Å². The van der Waals surface area contributed by atoms with Gasteiger partial charge in [0.1, 0.15) is 12.2 Å². The van der Waals surface area contributed by atoms with Crippen LogP contribution in [-0.2, 0) is 14.3 Å². The average molecular weight is 282 g/mol. The predicted molar refractivity (Wildman–Crippen MR) is 71.2 cm³/mol. The highest BCUT2D eigenvalue weighted by molar-refractivity contribution is 5.83. The molecule has 2 heterocycles. The van der Waals surface area contributed by atoms with Crippen molar-refractivity contribution in [1.82, 2.24) is 10.2 Å². The maximum absolute atomic E-state index is 12.5. The molecule has 3 unspecified atom stereocenters. The SMILES string of the molecule is CC1(OCC(=O)O)CN(C(=O)C2NCC3CCCC32)C1. The number of carbonyl (C=O) groups excluding carboxylic acids is 1. The van der Waals surface area contributed by atoms with Gasteiger partial charge in [-0.1, -0.05) is 6.42 Å². The maximum Gasteiger partial charge on any atom is 0.329 e. The molecule has 3 rings (SSSR count). The summed E-state index contributed by atoms with van der Waals surface area (Å²) in [6.45, 7) is 3.51. The Labute approximate surface area is 118 Å². The lowest BCUT2D eigenvalue weighted by molar-refractivity contribution is -0.174. The molecule has 2 aliphatic heterocycles. The van der Waals surface area contributed by atoms with Crippen LogP contribution in [0.2, 0.25) is 0 Å². The second-order valence-corrected chi connectivity index (χ2v) is 6.57. The minimum Gasteiger partial charge on any atom is -0.480 e. The maximum atomic E-state index is 12.5. The molecule has 3 aliphatic rings. The number of rotatable bonds is 4. The number of hydrogen-bond acceptors (Lipinski definition) is 4. The van der Waals surface area contributed by atoms with Crippen LogP contribution in [0.15, 0.2) is 0 Å². The quantitative estimate of drug-likeness (QED) is 0.763. The smallest absolute Gasteiger partial charge is 0.329 e.